The molecule has 40 heavy (non-hydrogen) atoms. The van der Waals surface area contributed by atoms with E-state index in [1.165, 1.54) is 44.1 Å². The molecule has 0 N–H and O–H groups in total. The minimum absolute atomic E-state index is 0.0107. The first-order valence-electron chi connectivity index (χ1n) is 14.4. The smallest absolute Gasteiger partial charge is 0.237 e. The van der Waals surface area contributed by atoms with Gasteiger partial charge in [-0.25, -0.2) is 0 Å². The third kappa shape index (κ3) is 2.92. The van der Waals surface area contributed by atoms with Crippen LogP contribution in [0, 0.1) is 11.8 Å². The van der Waals surface area contributed by atoms with Gasteiger partial charge in [-0.05, 0) is 53.3 Å². The van der Waals surface area contributed by atoms with Crippen molar-refractivity contribution in [3.05, 3.63) is 133 Å². The second kappa shape index (κ2) is 8.19. The number of allylic oxidation sites excluding steroid dienone is 9. The Morgan fingerprint density at radius 2 is 1.70 bits per heavy atom. The van der Waals surface area contributed by atoms with Gasteiger partial charge in [-0.3, -0.25) is 4.79 Å². The van der Waals surface area contributed by atoms with E-state index in [-0.39, 0.29) is 23.8 Å². The van der Waals surface area contributed by atoms with E-state index in [4.69, 9.17) is 0 Å². The van der Waals surface area contributed by atoms with Gasteiger partial charge >= 0.3 is 0 Å². The lowest BCUT2D eigenvalue weighted by Crippen LogP contribution is -2.42. The van der Waals surface area contributed by atoms with Crippen LogP contribution in [0.5, 0.6) is 0 Å². The first kappa shape index (κ1) is 22.2. The second-order valence-corrected chi connectivity index (χ2v) is 11.5. The van der Waals surface area contributed by atoms with Gasteiger partial charge in [0.05, 0.1) is 28.7 Å². The van der Waals surface area contributed by atoms with E-state index in [1.54, 1.807) is 0 Å². The maximum absolute atomic E-state index is 14.4. The summed E-state index contributed by atoms with van der Waals surface area (Å²) in [5, 5.41) is 2.45. The molecule has 5 aliphatic rings. The number of nitrogens with zero attached hydrogens (tertiary/aromatic N) is 2. The molecule has 0 spiro atoms. The summed E-state index contributed by atoms with van der Waals surface area (Å²) in [4.78, 5) is 16.6. The van der Waals surface area contributed by atoms with Crippen LogP contribution in [0.25, 0.3) is 38.6 Å². The zero-order chi connectivity index (χ0) is 26.4. The number of benzene rings is 3. The van der Waals surface area contributed by atoms with Crippen LogP contribution < -0.4 is 4.90 Å². The lowest BCUT2D eigenvalue weighted by atomic mass is 9.82. The lowest BCUT2D eigenvalue weighted by molar-refractivity contribution is -0.120. The van der Waals surface area contributed by atoms with Crippen LogP contribution in [-0.2, 0) is 4.79 Å². The van der Waals surface area contributed by atoms with Crippen molar-refractivity contribution in [3.63, 3.8) is 0 Å². The van der Waals surface area contributed by atoms with Crippen LogP contribution in [0.15, 0.2) is 127 Å². The van der Waals surface area contributed by atoms with Crippen molar-refractivity contribution >= 4 is 39.1 Å². The van der Waals surface area contributed by atoms with E-state index >= 15 is 0 Å². The first-order valence-corrected chi connectivity index (χ1v) is 14.4. The molecule has 4 aromatic rings. The number of rotatable bonds is 2. The van der Waals surface area contributed by atoms with Crippen LogP contribution in [0.2, 0.25) is 0 Å². The number of anilines is 1. The van der Waals surface area contributed by atoms with Crippen LogP contribution in [0.1, 0.15) is 24.3 Å². The molecule has 1 amide bonds. The number of carbonyl (C=O) groups excluding carboxylic acids is 1. The molecule has 0 fully saturated rings. The Balaban J connectivity index is 1.33. The maximum Gasteiger partial charge on any atom is 0.237 e. The van der Waals surface area contributed by atoms with Crippen LogP contribution in [0.3, 0.4) is 0 Å². The first-order chi connectivity index (χ1) is 19.8. The van der Waals surface area contributed by atoms with Gasteiger partial charge < -0.3 is 9.47 Å². The van der Waals surface area contributed by atoms with Crippen LogP contribution in [0.4, 0.5) is 5.69 Å². The molecular formula is C37H28N2O. The Morgan fingerprint density at radius 1 is 0.800 bits per heavy atom. The Bertz CT molecular complexity index is 1940. The molecule has 3 heteroatoms. The topological polar surface area (TPSA) is 25.2 Å². The lowest BCUT2D eigenvalue weighted by Gasteiger charge is -2.31. The van der Waals surface area contributed by atoms with Gasteiger partial charge in [0, 0.05) is 28.3 Å². The predicted molar refractivity (Wildman–Crippen MR) is 164 cm³/mol. The van der Waals surface area contributed by atoms with E-state index in [9.17, 15) is 4.79 Å². The summed E-state index contributed by atoms with van der Waals surface area (Å²) in [7, 11) is 0. The highest BCUT2D eigenvalue weighted by Crippen LogP contribution is 2.54. The van der Waals surface area contributed by atoms with Crippen LogP contribution in [-0.4, -0.2) is 16.5 Å². The maximum atomic E-state index is 14.4. The third-order valence-corrected chi connectivity index (χ3v) is 9.50. The number of aromatic nitrogens is 1. The Labute approximate surface area is 233 Å². The minimum Gasteiger partial charge on any atom is -0.310 e. The van der Waals surface area contributed by atoms with Gasteiger partial charge in [-0.1, -0.05) is 103 Å². The molecule has 0 radical (unpaired) electrons. The monoisotopic (exact) mass is 516 g/mol. The number of hydrogen-bond acceptors (Lipinski definition) is 1. The molecule has 0 bridgehead atoms. The molecule has 2 aliphatic heterocycles. The van der Waals surface area contributed by atoms with Gasteiger partial charge in [-0.2, -0.15) is 0 Å². The third-order valence-electron chi connectivity index (χ3n) is 9.50. The normalized spacial score (nSPS) is 25.7. The van der Waals surface area contributed by atoms with E-state index in [2.05, 4.69) is 131 Å². The van der Waals surface area contributed by atoms with Crippen molar-refractivity contribution in [2.75, 3.05) is 4.90 Å². The highest BCUT2D eigenvalue weighted by molar-refractivity contribution is 6.21. The Morgan fingerprint density at radius 3 is 2.58 bits per heavy atom. The van der Waals surface area contributed by atoms with Crippen molar-refractivity contribution in [3.8, 4) is 11.1 Å². The van der Waals surface area contributed by atoms with Gasteiger partial charge in [0.2, 0.25) is 5.91 Å². The SMILES string of the molecule is O=C1C2CC=CC=C2n2c3ccc(-c4ccccc4)cc3c3ccc4c(c32)N1C1C=CC(C2C=CC=CC2)=CC41. The van der Waals surface area contributed by atoms with Crippen molar-refractivity contribution < 1.29 is 4.79 Å². The fraction of sp³-hybridized carbons (Fsp3) is 0.162. The van der Waals surface area contributed by atoms with Gasteiger partial charge in [0.15, 0.2) is 0 Å². The molecule has 3 aliphatic carbocycles. The number of hydrogen-bond donors (Lipinski definition) is 0. The van der Waals surface area contributed by atoms with Gasteiger partial charge in [0.25, 0.3) is 0 Å². The minimum atomic E-state index is -0.193. The predicted octanol–water partition coefficient (Wildman–Crippen LogP) is 8.32. The largest absolute Gasteiger partial charge is 0.310 e. The molecule has 3 aromatic carbocycles. The summed E-state index contributed by atoms with van der Waals surface area (Å²) in [6.45, 7) is 0. The molecule has 0 saturated heterocycles. The fourth-order valence-electron chi connectivity index (χ4n) is 7.64. The number of carbonyl (C=O) groups is 1. The highest BCUT2D eigenvalue weighted by atomic mass is 16.2. The van der Waals surface area contributed by atoms with E-state index in [0.29, 0.717) is 5.92 Å². The van der Waals surface area contributed by atoms with Crippen molar-refractivity contribution in [1.29, 1.82) is 0 Å². The zero-order valence-corrected chi connectivity index (χ0v) is 22.1. The molecular weight excluding hydrogens is 488 g/mol. The molecule has 9 rings (SSSR count). The molecule has 0 saturated carbocycles. The summed E-state index contributed by atoms with van der Waals surface area (Å²) >= 11 is 0. The molecule has 4 atom stereocenters. The average Bonchev–Trinajstić information content (AvgIpc) is 3.50. The molecule has 192 valence electrons. The molecule has 1 aromatic heterocycles. The van der Waals surface area contributed by atoms with Gasteiger partial charge in [-0.15, -0.1) is 0 Å². The van der Waals surface area contributed by atoms with Crippen LogP contribution >= 0.6 is 0 Å². The molecule has 4 unspecified atom stereocenters. The average molecular weight is 517 g/mol. The summed E-state index contributed by atoms with van der Waals surface area (Å²) in [6, 6.07) is 22.0. The summed E-state index contributed by atoms with van der Waals surface area (Å²) in [5.74, 6) is 0.588. The zero-order valence-electron chi connectivity index (χ0n) is 22.1. The van der Waals surface area contributed by atoms with Crippen molar-refractivity contribution in [2.45, 2.75) is 24.8 Å². The number of fused-ring (bicyclic) bond motifs is 8. The molecule has 3 heterocycles. The van der Waals surface area contributed by atoms with Crippen molar-refractivity contribution in [1.82, 2.24) is 4.57 Å². The molecule has 3 nitrogen and oxygen atoms in total. The van der Waals surface area contributed by atoms with Crippen molar-refractivity contribution in [2.24, 2.45) is 11.8 Å². The summed E-state index contributed by atoms with van der Waals surface area (Å²) in [6.07, 6.45) is 24.0. The standard InChI is InChI=1S/C37H28N2O/c40-37-29-13-7-8-14-32(29)38-33-19-15-25(23-9-3-1-4-10-23)21-30(33)27-17-18-28-31-22-26(24-11-5-2-6-12-24)16-20-34(31)39(37)36(28)35(27)38/h1-11,14-22,24,29,31,34H,12-13H2. The van der Waals surface area contributed by atoms with Gasteiger partial charge in [0.1, 0.15) is 0 Å². The Hall–Kier alpha value is -4.63. The summed E-state index contributed by atoms with van der Waals surface area (Å²) < 4.78 is 2.41. The highest BCUT2D eigenvalue weighted by Gasteiger charge is 2.47. The number of amides is 1. The van der Waals surface area contributed by atoms with E-state index in [0.717, 1.165) is 24.2 Å². The Kier molecular flexibility index (Phi) is 4.55. The quantitative estimate of drug-likeness (QED) is 0.263. The summed E-state index contributed by atoms with van der Waals surface area (Å²) in [5.41, 5.74) is 9.59. The van der Waals surface area contributed by atoms with E-state index < -0.39 is 0 Å². The second-order valence-electron chi connectivity index (χ2n) is 11.5. The fourth-order valence-corrected chi connectivity index (χ4v) is 7.64. The van der Waals surface area contributed by atoms with E-state index in [1.807, 2.05) is 0 Å².